The molecular formula is C20H22BrN3O2S. The predicted molar refractivity (Wildman–Crippen MR) is 110 cm³/mol. The smallest absolute Gasteiger partial charge is 0.224 e. The van der Waals surface area contributed by atoms with E-state index >= 15 is 0 Å². The predicted octanol–water partition coefficient (Wildman–Crippen LogP) is 3.14. The molecular weight excluding hydrogens is 426 g/mol. The molecule has 2 N–H and O–H groups in total. The van der Waals surface area contributed by atoms with Crippen LogP contribution in [0.4, 0.5) is 0 Å². The van der Waals surface area contributed by atoms with Crippen LogP contribution in [0.5, 0.6) is 0 Å². The van der Waals surface area contributed by atoms with Gasteiger partial charge in [-0.15, -0.1) is 0 Å². The normalized spacial score (nSPS) is 16.3. The third-order valence-electron chi connectivity index (χ3n) is 4.45. The molecule has 27 heavy (non-hydrogen) atoms. The van der Waals surface area contributed by atoms with Crippen LogP contribution in [0.1, 0.15) is 17.5 Å². The second kappa shape index (κ2) is 9.48. The Morgan fingerprint density at radius 3 is 2.93 bits per heavy atom. The van der Waals surface area contributed by atoms with E-state index in [9.17, 15) is 9.59 Å². The van der Waals surface area contributed by atoms with Gasteiger partial charge in [0.25, 0.3) is 0 Å². The van der Waals surface area contributed by atoms with Crippen molar-refractivity contribution < 1.29 is 9.59 Å². The highest BCUT2D eigenvalue weighted by molar-refractivity contribution is 9.10. The van der Waals surface area contributed by atoms with Gasteiger partial charge in [0.1, 0.15) is 5.03 Å². The van der Waals surface area contributed by atoms with Crippen LogP contribution in [0.15, 0.2) is 50.9 Å². The first-order valence-corrected chi connectivity index (χ1v) is 10.5. The minimum absolute atomic E-state index is 0.00263. The fraction of sp³-hybridized carbons (Fsp3) is 0.350. The van der Waals surface area contributed by atoms with Gasteiger partial charge in [-0.2, -0.15) is 0 Å². The fourth-order valence-corrected chi connectivity index (χ4v) is 4.37. The number of hydrogen-bond donors (Lipinski definition) is 2. The number of aromatic nitrogens is 1. The zero-order valence-corrected chi connectivity index (χ0v) is 17.5. The number of carbonyl (C=O) groups excluding carboxylic acids is 2. The Morgan fingerprint density at radius 2 is 2.19 bits per heavy atom. The lowest BCUT2D eigenvalue weighted by molar-refractivity contribution is -0.127. The molecule has 2 heterocycles. The number of ketones is 1. The number of benzene rings is 1. The molecule has 1 saturated heterocycles. The summed E-state index contributed by atoms with van der Waals surface area (Å²) >= 11 is 4.98. The molecule has 5 nitrogen and oxygen atoms in total. The van der Waals surface area contributed by atoms with Crippen molar-refractivity contribution in [1.82, 2.24) is 15.6 Å². The van der Waals surface area contributed by atoms with Crippen LogP contribution in [-0.2, 0) is 16.0 Å². The lowest BCUT2D eigenvalue weighted by atomic mass is 10.1. The average molecular weight is 448 g/mol. The molecule has 1 atom stereocenters. The summed E-state index contributed by atoms with van der Waals surface area (Å²) in [5, 5.41) is 6.86. The number of Topliss-reactive ketones (excluding diaryl/α,β-unsaturated/α-hetero) is 1. The fourth-order valence-electron chi connectivity index (χ4n) is 2.97. The topological polar surface area (TPSA) is 71.1 Å². The Kier molecular flexibility index (Phi) is 7.04. The van der Waals surface area contributed by atoms with Gasteiger partial charge in [0.05, 0.1) is 12.5 Å². The molecule has 1 aromatic heterocycles. The van der Waals surface area contributed by atoms with Gasteiger partial charge in [0.2, 0.25) is 5.91 Å². The quantitative estimate of drug-likeness (QED) is 0.681. The molecule has 0 saturated carbocycles. The maximum Gasteiger partial charge on any atom is 0.224 e. The zero-order chi connectivity index (χ0) is 19.2. The van der Waals surface area contributed by atoms with E-state index in [-0.39, 0.29) is 24.2 Å². The number of carbonyl (C=O) groups is 2. The van der Waals surface area contributed by atoms with Gasteiger partial charge >= 0.3 is 0 Å². The van der Waals surface area contributed by atoms with Crippen LogP contribution in [0, 0.1) is 12.8 Å². The van der Waals surface area contributed by atoms with Crippen molar-refractivity contribution in [3.05, 3.63) is 52.1 Å². The van der Waals surface area contributed by atoms with Crippen LogP contribution in [0.2, 0.25) is 0 Å². The van der Waals surface area contributed by atoms with Gasteiger partial charge in [-0.3, -0.25) is 9.59 Å². The van der Waals surface area contributed by atoms with E-state index in [1.807, 2.05) is 37.3 Å². The summed E-state index contributed by atoms with van der Waals surface area (Å²) in [6.07, 6.45) is 2.90. The molecule has 0 spiro atoms. The minimum atomic E-state index is -0.0364. The van der Waals surface area contributed by atoms with Crippen molar-refractivity contribution in [2.75, 3.05) is 19.6 Å². The summed E-state index contributed by atoms with van der Waals surface area (Å²) in [7, 11) is 0. The highest BCUT2D eigenvalue weighted by Crippen LogP contribution is 2.32. The van der Waals surface area contributed by atoms with Gasteiger partial charge in [0, 0.05) is 28.5 Å². The Balaban J connectivity index is 1.61. The molecule has 1 fully saturated rings. The number of halogens is 1. The van der Waals surface area contributed by atoms with Crippen molar-refractivity contribution in [2.45, 2.75) is 29.7 Å². The summed E-state index contributed by atoms with van der Waals surface area (Å²) in [6, 6.07) is 9.86. The summed E-state index contributed by atoms with van der Waals surface area (Å²) in [6.45, 7) is 3.64. The molecule has 3 rings (SSSR count). The Morgan fingerprint density at radius 1 is 1.37 bits per heavy atom. The SMILES string of the molecule is Cc1cc(Br)cnc1Sc1ccccc1CC(=O)CNC(=O)[C@H]1CCNC1. The first-order chi connectivity index (χ1) is 13.0. The first kappa shape index (κ1) is 20.0. The van der Waals surface area contributed by atoms with Gasteiger partial charge in [0.15, 0.2) is 5.78 Å². The number of nitrogens with one attached hydrogen (secondary N) is 2. The summed E-state index contributed by atoms with van der Waals surface area (Å²) in [5.41, 5.74) is 2.03. The number of nitrogens with zero attached hydrogens (tertiary/aromatic N) is 1. The second-order valence-electron chi connectivity index (χ2n) is 6.61. The van der Waals surface area contributed by atoms with E-state index in [1.54, 1.807) is 18.0 Å². The Hall–Kier alpha value is -1.70. The second-order valence-corrected chi connectivity index (χ2v) is 8.55. The number of aryl methyl sites for hydroxylation is 1. The van der Waals surface area contributed by atoms with Crippen LogP contribution in [0.3, 0.4) is 0 Å². The molecule has 1 aromatic carbocycles. The largest absolute Gasteiger partial charge is 0.349 e. The molecule has 0 bridgehead atoms. The first-order valence-electron chi connectivity index (χ1n) is 8.91. The van der Waals surface area contributed by atoms with E-state index in [2.05, 4.69) is 31.5 Å². The maximum absolute atomic E-state index is 12.4. The van der Waals surface area contributed by atoms with Crippen molar-refractivity contribution >= 4 is 39.4 Å². The van der Waals surface area contributed by atoms with Gasteiger partial charge in [-0.25, -0.2) is 4.98 Å². The molecule has 142 valence electrons. The van der Waals surface area contributed by atoms with Crippen molar-refractivity contribution in [2.24, 2.45) is 5.92 Å². The molecule has 0 radical (unpaired) electrons. The third kappa shape index (κ3) is 5.64. The van der Waals surface area contributed by atoms with Crippen LogP contribution >= 0.6 is 27.7 Å². The maximum atomic E-state index is 12.4. The molecule has 7 heteroatoms. The van der Waals surface area contributed by atoms with Crippen LogP contribution in [-0.4, -0.2) is 36.3 Å². The molecule has 1 amide bonds. The summed E-state index contributed by atoms with van der Waals surface area (Å²) in [5.74, 6) is -0.0550. The van der Waals surface area contributed by atoms with E-state index < -0.39 is 0 Å². The van der Waals surface area contributed by atoms with E-state index in [0.29, 0.717) is 13.0 Å². The van der Waals surface area contributed by atoms with Gasteiger partial charge < -0.3 is 10.6 Å². The van der Waals surface area contributed by atoms with Gasteiger partial charge in [-0.05, 0) is 59.1 Å². The van der Waals surface area contributed by atoms with E-state index in [1.165, 1.54) is 0 Å². The molecule has 0 aliphatic carbocycles. The average Bonchev–Trinajstić information content (AvgIpc) is 3.18. The highest BCUT2D eigenvalue weighted by Gasteiger charge is 2.22. The minimum Gasteiger partial charge on any atom is -0.349 e. The number of amides is 1. The number of pyridine rings is 1. The monoisotopic (exact) mass is 447 g/mol. The summed E-state index contributed by atoms with van der Waals surface area (Å²) in [4.78, 5) is 29.9. The Bertz CT molecular complexity index is 838. The lowest BCUT2D eigenvalue weighted by Crippen LogP contribution is -2.36. The van der Waals surface area contributed by atoms with Crippen LogP contribution in [0.25, 0.3) is 0 Å². The van der Waals surface area contributed by atoms with E-state index in [0.717, 1.165) is 38.5 Å². The molecule has 2 aromatic rings. The zero-order valence-electron chi connectivity index (χ0n) is 15.1. The Labute approximate surface area is 171 Å². The number of rotatable bonds is 7. The van der Waals surface area contributed by atoms with E-state index in [4.69, 9.17) is 0 Å². The molecule has 0 unspecified atom stereocenters. The van der Waals surface area contributed by atoms with Crippen molar-refractivity contribution in [1.29, 1.82) is 0 Å². The lowest BCUT2D eigenvalue weighted by Gasteiger charge is -2.11. The van der Waals surface area contributed by atoms with Gasteiger partial charge in [-0.1, -0.05) is 30.0 Å². The van der Waals surface area contributed by atoms with Crippen molar-refractivity contribution in [3.8, 4) is 0 Å². The summed E-state index contributed by atoms with van der Waals surface area (Å²) < 4.78 is 0.945. The molecule has 1 aliphatic rings. The van der Waals surface area contributed by atoms with Crippen LogP contribution < -0.4 is 10.6 Å². The van der Waals surface area contributed by atoms with Crippen molar-refractivity contribution in [3.63, 3.8) is 0 Å². The highest BCUT2D eigenvalue weighted by atomic mass is 79.9. The molecule has 1 aliphatic heterocycles. The third-order valence-corrected chi connectivity index (χ3v) is 6.13. The standard InChI is InChI=1S/C20H22BrN3O2S/c1-13-8-16(21)11-24-20(13)27-18-5-3-2-4-14(18)9-17(25)12-23-19(26)15-6-7-22-10-15/h2-5,8,11,15,22H,6-7,9-10,12H2,1H3,(H,23,26)/t15-/m0/s1. The number of hydrogen-bond acceptors (Lipinski definition) is 5.